The minimum atomic E-state index is -0.505. The molecule has 5 fully saturated rings. The fourth-order valence-corrected chi connectivity index (χ4v) is 5.71. The summed E-state index contributed by atoms with van der Waals surface area (Å²) in [5.41, 5.74) is 5.89. The molecule has 1 aliphatic heterocycles. The summed E-state index contributed by atoms with van der Waals surface area (Å²) in [5.74, 6) is 1.75. The van der Waals surface area contributed by atoms with Crippen LogP contribution in [0.5, 0.6) is 0 Å². The summed E-state index contributed by atoms with van der Waals surface area (Å²) in [6.45, 7) is 8.69. The highest BCUT2D eigenvalue weighted by Crippen LogP contribution is 2.65. The molecule has 2 bridgehead atoms. The van der Waals surface area contributed by atoms with Crippen molar-refractivity contribution in [1.29, 1.82) is 0 Å². The normalized spacial score (nSPS) is 41.3. The largest absolute Gasteiger partial charge is 0.481 e. The van der Waals surface area contributed by atoms with Crippen LogP contribution in [-0.2, 0) is 14.1 Å². The van der Waals surface area contributed by atoms with Crippen molar-refractivity contribution >= 4 is 13.0 Å². The van der Waals surface area contributed by atoms with E-state index in [2.05, 4.69) is 26.1 Å². The Balaban J connectivity index is 1.49. The molecule has 140 valence electrons. The van der Waals surface area contributed by atoms with E-state index in [-0.39, 0.29) is 30.7 Å². The van der Waals surface area contributed by atoms with E-state index < -0.39 is 6.04 Å². The maximum atomic E-state index is 12.2. The third-order valence-electron chi connectivity index (χ3n) is 7.85. The monoisotopic (exact) mass is 348 g/mol. The van der Waals surface area contributed by atoms with Crippen LogP contribution in [0.25, 0.3) is 0 Å². The lowest BCUT2D eigenvalue weighted by atomic mass is 9.43. The van der Waals surface area contributed by atoms with Crippen molar-refractivity contribution in [3.8, 4) is 0 Å². The molecule has 4 saturated carbocycles. The predicted molar refractivity (Wildman–Crippen MR) is 97.7 cm³/mol. The van der Waals surface area contributed by atoms with Gasteiger partial charge in [0.05, 0.1) is 23.7 Å². The minimum absolute atomic E-state index is 0.0912. The van der Waals surface area contributed by atoms with Crippen molar-refractivity contribution in [2.75, 3.05) is 0 Å². The Morgan fingerprint density at radius 3 is 2.60 bits per heavy atom. The van der Waals surface area contributed by atoms with Gasteiger partial charge in [-0.05, 0) is 56.3 Å². The molecule has 0 aromatic rings. The van der Waals surface area contributed by atoms with Gasteiger partial charge in [0.2, 0.25) is 5.91 Å². The van der Waals surface area contributed by atoms with Gasteiger partial charge in [0.15, 0.2) is 0 Å². The van der Waals surface area contributed by atoms with Crippen molar-refractivity contribution in [2.45, 2.75) is 89.9 Å². The van der Waals surface area contributed by atoms with Crippen LogP contribution in [-0.4, -0.2) is 36.7 Å². The number of carbonyl (C=O) groups is 1. The van der Waals surface area contributed by atoms with Crippen LogP contribution < -0.4 is 11.1 Å². The molecular formula is C19H33BN2O3. The van der Waals surface area contributed by atoms with Crippen LogP contribution >= 0.6 is 0 Å². The standard InChI is InChI=1S/C19H33BN2O3/c1-11(21)17(23)22-16(8-12-6-5-7-12)20-24-15-10-13-9-14(18(13,2)3)19(15,4)25-20/h11-16H,5-10,21H2,1-4H3,(H,22,23)/t11?,13?,14?,15?,16-,19-/m0/s1. The van der Waals surface area contributed by atoms with Crippen LogP contribution in [0.2, 0.25) is 0 Å². The number of nitrogens with two attached hydrogens (primary N) is 1. The molecule has 1 saturated heterocycles. The second-order valence-electron chi connectivity index (χ2n) is 9.77. The second-order valence-corrected chi connectivity index (χ2v) is 9.77. The maximum Gasteiger partial charge on any atom is 0.481 e. The van der Waals surface area contributed by atoms with Gasteiger partial charge in [0.1, 0.15) is 0 Å². The van der Waals surface area contributed by atoms with Crippen molar-refractivity contribution in [1.82, 2.24) is 5.32 Å². The van der Waals surface area contributed by atoms with Gasteiger partial charge in [-0.2, -0.15) is 0 Å². The summed E-state index contributed by atoms with van der Waals surface area (Å²) < 4.78 is 13.0. The highest BCUT2D eigenvalue weighted by atomic mass is 16.7. The molecule has 5 aliphatic rings. The Labute approximate surface area is 151 Å². The van der Waals surface area contributed by atoms with Crippen molar-refractivity contribution in [3.63, 3.8) is 0 Å². The molecule has 6 heteroatoms. The molecule has 0 aromatic carbocycles. The molecule has 25 heavy (non-hydrogen) atoms. The van der Waals surface area contributed by atoms with Crippen LogP contribution in [0, 0.1) is 23.2 Å². The Morgan fingerprint density at radius 2 is 2.04 bits per heavy atom. The van der Waals surface area contributed by atoms with E-state index in [1.54, 1.807) is 6.92 Å². The van der Waals surface area contributed by atoms with E-state index in [0.717, 1.165) is 18.8 Å². The highest BCUT2D eigenvalue weighted by Gasteiger charge is 2.68. The molecule has 1 amide bonds. The highest BCUT2D eigenvalue weighted by molar-refractivity contribution is 6.47. The maximum absolute atomic E-state index is 12.2. The van der Waals surface area contributed by atoms with E-state index in [0.29, 0.717) is 17.3 Å². The van der Waals surface area contributed by atoms with Gasteiger partial charge in [-0.3, -0.25) is 4.79 Å². The average Bonchev–Trinajstić information content (AvgIpc) is 2.85. The van der Waals surface area contributed by atoms with Crippen molar-refractivity contribution in [3.05, 3.63) is 0 Å². The van der Waals surface area contributed by atoms with Gasteiger partial charge >= 0.3 is 7.12 Å². The van der Waals surface area contributed by atoms with Gasteiger partial charge in [0.25, 0.3) is 0 Å². The third-order valence-corrected chi connectivity index (χ3v) is 7.85. The molecule has 5 nitrogen and oxygen atoms in total. The number of carbonyl (C=O) groups excluding carboxylic acids is 1. The number of hydrogen-bond donors (Lipinski definition) is 2. The van der Waals surface area contributed by atoms with E-state index in [4.69, 9.17) is 15.0 Å². The zero-order chi connectivity index (χ0) is 18.0. The number of amides is 1. The Morgan fingerprint density at radius 1 is 1.32 bits per heavy atom. The molecule has 4 unspecified atom stereocenters. The van der Waals surface area contributed by atoms with Crippen LogP contribution in [0.15, 0.2) is 0 Å². The minimum Gasteiger partial charge on any atom is -0.404 e. The molecule has 3 N–H and O–H groups in total. The predicted octanol–water partition coefficient (Wildman–Crippen LogP) is 2.28. The van der Waals surface area contributed by atoms with E-state index in [1.165, 1.54) is 25.7 Å². The van der Waals surface area contributed by atoms with E-state index in [1.807, 2.05) is 0 Å². The lowest BCUT2D eigenvalue weighted by Crippen LogP contribution is -2.65. The molecular weight excluding hydrogens is 315 g/mol. The molecule has 1 heterocycles. The molecule has 4 aliphatic carbocycles. The number of hydrogen-bond acceptors (Lipinski definition) is 4. The molecule has 0 radical (unpaired) electrons. The van der Waals surface area contributed by atoms with Crippen LogP contribution in [0.4, 0.5) is 0 Å². The third kappa shape index (κ3) is 2.76. The van der Waals surface area contributed by atoms with Gasteiger partial charge in [0, 0.05) is 0 Å². The molecule has 5 rings (SSSR count). The van der Waals surface area contributed by atoms with Gasteiger partial charge < -0.3 is 20.4 Å². The number of rotatable bonds is 5. The van der Waals surface area contributed by atoms with Gasteiger partial charge in [-0.1, -0.05) is 33.1 Å². The quantitative estimate of drug-likeness (QED) is 0.748. The van der Waals surface area contributed by atoms with Gasteiger partial charge in [-0.15, -0.1) is 0 Å². The fraction of sp³-hybridized carbons (Fsp3) is 0.947. The zero-order valence-electron chi connectivity index (χ0n) is 16.1. The lowest BCUT2D eigenvalue weighted by molar-refractivity contribution is -0.199. The Bertz CT molecular complexity index is 551. The second kappa shape index (κ2) is 5.96. The zero-order valence-corrected chi connectivity index (χ0v) is 16.1. The smallest absolute Gasteiger partial charge is 0.404 e. The van der Waals surface area contributed by atoms with Crippen LogP contribution in [0.1, 0.15) is 66.2 Å². The summed E-state index contributed by atoms with van der Waals surface area (Å²) in [6.07, 6.45) is 7.20. The van der Waals surface area contributed by atoms with E-state index in [9.17, 15) is 4.79 Å². The first-order valence-corrected chi connectivity index (χ1v) is 10.1. The lowest BCUT2D eigenvalue weighted by Gasteiger charge is -2.64. The first kappa shape index (κ1) is 17.8. The van der Waals surface area contributed by atoms with E-state index >= 15 is 0 Å². The topological polar surface area (TPSA) is 73.6 Å². The van der Waals surface area contributed by atoms with Crippen LogP contribution in [0.3, 0.4) is 0 Å². The van der Waals surface area contributed by atoms with Crippen molar-refractivity contribution in [2.24, 2.45) is 28.9 Å². The Hall–Kier alpha value is -0.585. The van der Waals surface area contributed by atoms with Gasteiger partial charge in [-0.25, -0.2) is 0 Å². The molecule has 0 aromatic heterocycles. The summed E-state index contributed by atoms with van der Waals surface area (Å²) in [4.78, 5) is 12.2. The summed E-state index contributed by atoms with van der Waals surface area (Å²) in [5, 5.41) is 3.12. The summed E-state index contributed by atoms with van der Waals surface area (Å²) in [6, 6.07) is -0.505. The number of nitrogens with one attached hydrogen (secondary N) is 1. The average molecular weight is 348 g/mol. The SMILES string of the molecule is CC(N)C(=O)N[C@@H](CC1CCC1)B1OC2CC3CC(C3(C)C)[C@]2(C)O1. The fourth-order valence-electron chi connectivity index (χ4n) is 5.71. The first-order chi connectivity index (χ1) is 11.7. The van der Waals surface area contributed by atoms with Crippen molar-refractivity contribution < 1.29 is 14.1 Å². The molecule has 6 atom stereocenters. The summed E-state index contributed by atoms with van der Waals surface area (Å²) in [7, 11) is -0.339. The molecule has 0 spiro atoms. The Kier molecular flexibility index (Phi) is 4.25. The summed E-state index contributed by atoms with van der Waals surface area (Å²) >= 11 is 0. The first-order valence-electron chi connectivity index (χ1n) is 10.1.